The largest absolute Gasteiger partial charge is 0.348 e. The van der Waals surface area contributed by atoms with Crippen molar-refractivity contribution in [3.05, 3.63) is 53.7 Å². The highest BCUT2D eigenvalue weighted by Crippen LogP contribution is 2.31. The zero-order valence-electron chi connectivity index (χ0n) is 14.3. The molecule has 0 fully saturated rings. The Hall–Kier alpha value is -1.92. The van der Waals surface area contributed by atoms with Gasteiger partial charge in [-0.15, -0.1) is 11.3 Å². The third kappa shape index (κ3) is 4.38. The Morgan fingerprint density at radius 3 is 2.80 bits per heavy atom. The van der Waals surface area contributed by atoms with E-state index < -0.39 is 0 Å². The normalized spacial score (nSPS) is 13.5. The van der Waals surface area contributed by atoms with Crippen molar-refractivity contribution in [1.29, 1.82) is 0 Å². The van der Waals surface area contributed by atoms with E-state index >= 15 is 0 Å². The SMILES string of the molecule is CCCC(NC(=O)C(C)Sc1ncnc2ccsc12)c1ccccc1. The molecule has 6 heteroatoms. The smallest absolute Gasteiger partial charge is 0.233 e. The lowest BCUT2D eigenvalue weighted by molar-refractivity contribution is -0.121. The van der Waals surface area contributed by atoms with Crippen LogP contribution in [0.1, 0.15) is 38.3 Å². The second-order valence-electron chi connectivity index (χ2n) is 5.83. The summed E-state index contributed by atoms with van der Waals surface area (Å²) in [5.74, 6) is 0.0376. The molecule has 2 heterocycles. The van der Waals surface area contributed by atoms with Crippen molar-refractivity contribution in [3.63, 3.8) is 0 Å². The number of thioether (sulfide) groups is 1. The number of carbonyl (C=O) groups excluding carboxylic acids is 1. The fourth-order valence-electron chi connectivity index (χ4n) is 2.66. The van der Waals surface area contributed by atoms with E-state index in [4.69, 9.17) is 0 Å². The summed E-state index contributed by atoms with van der Waals surface area (Å²) < 4.78 is 1.04. The molecule has 0 aliphatic carbocycles. The van der Waals surface area contributed by atoms with Crippen LogP contribution < -0.4 is 5.32 Å². The van der Waals surface area contributed by atoms with E-state index in [0.29, 0.717) is 0 Å². The zero-order chi connectivity index (χ0) is 17.6. The molecule has 0 spiro atoms. The van der Waals surface area contributed by atoms with E-state index in [2.05, 4.69) is 34.3 Å². The number of thiophene rings is 1. The van der Waals surface area contributed by atoms with Crippen LogP contribution in [-0.2, 0) is 4.79 Å². The molecule has 3 aromatic rings. The van der Waals surface area contributed by atoms with Gasteiger partial charge in [-0.2, -0.15) is 0 Å². The first-order chi connectivity index (χ1) is 12.2. The predicted molar refractivity (Wildman–Crippen MR) is 105 cm³/mol. The minimum Gasteiger partial charge on any atom is -0.348 e. The number of amides is 1. The summed E-state index contributed by atoms with van der Waals surface area (Å²) in [7, 11) is 0. The molecule has 0 bridgehead atoms. The van der Waals surface area contributed by atoms with Gasteiger partial charge in [0, 0.05) is 0 Å². The molecule has 130 valence electrons. The average Bonchev–Trinajstić information content (AvgIpc) is 3.12. The van der Waals surface area contributed by atoms with Crippen molar-refractivity contribution in [2.24, 2.45) is 0 Å². The summed E-state index contributed by atoms with van der Waals surface area (Å²) >= 11 is 3.10. The van der Waals surface area contributed by atoms with Crippen LogP contribution in [0.3, 0.4) is 0 Å². The Labute approximate surface area is 156 Å². The first-order valence-corrected chi connectivity index (χ1v) is 10.1. The minimum atomic E-state index is -0.219. The topological polar surface area (TPSA) is 54.9 Å². The number of hydrogen-bond donors (Lipinski definition) is 1. The molecule has 25 heavy (non-hydrogen) atoms. The van der Waals surface area contributed by atoms with Crippen LogP contribution in [0.5, 0.6) is 0 Å². The van der Waals surface area contributed by atoms with Gasteiger partial charge >= 0.3 is 0 Å². The lowest BCUT2D eigenvalue weighted by atomic mass is 10.0. The van der Waals surface area contributed by atoms with Gasteiger partial charge < -0.3 is 5.32 Å². The van der Waals surface area contributed by atoms with Gasteiger partial charge in [0.05, 0.1) is 21.5 Å². The molecule has 2 atom stereocenters. The van der Waals surface area contributed by atoms with Crippen LogP contribution in [0, 0.1) is 0 Å². The maximum absolute atomic E-state index is 12.7. The molecule has 0 saturated carbocycles. The molecule has 1 aromatic carbocycles. The van der Waals surface area contributed by atoms with Crippen LogP contribution in [-0.4, -0.2) is 21.1 Å². The van der Waals surface area contributed by atoms with Crippen LogP contribution in [0.15, 0.2) is 53.1 Å². The van der Waals surface area contributed by atoms with Crippen LogP contribution in [0.2, 0.25) is 0 Å². The molecule has 0 radical (unpaired) electrons. The predicted octanol–water partition coefficient (Wildman–Crippen LogP) is 4.83. The summed E-state index contributed by atoms with van der Waals surface area (Å²) in [5.41, 5.74) is 2.08. The van der Waals surface area contributed by atoms with Gasteiger partial charge in [-0.1, -0.05) is 55.4 Å². The Balaban J connectivity index is 1.70. The standard InChI is InChI=1S/C19H21N3OS2/c1-3-7-15(14-8-5-4-6-9-14)22-18(23)13(2)25-19-17-16(10-11-24-17)20-12-21-19/h4-6,8-13,15H,3,7H2,1-2H3,(H,22,23). The van der Waals surface area contributed by atoms with Gasteiger partial charge in [-0.25, -0.2) is 9.97 Å². The first-order valence-electron chi connectivity index (χ1n) is 8.39. The number of carbonyl (C=O) groups is 1. The van der Waals surface area contributed by atoms with Crippen molar-refractivity contribution in [2.75, 3.05) is 0 Å². The van der Waals surface area contributed by atoms with Gasteiger partial charge in [0.25, 0.3) is 0 Å². The average molecular weight is 372 g/mol. The molecular formula is C19H21N3OS2. The van der Waals surface area contributed by atoms with E-state index in [9.17, 15) is 4.79 Å². The van der Waals surface area contributed by atoms with Gasteiger partial charge in [-0.3, -0.25) is 4.79 Å². The molecule has 0 aliphatic rings. The fraction of sp³-hybridized carbons (Fsp3) is 0.316. The van der Waals surface area contributed by atoms with Gasteiger partial charge in [-0.05, 0) is 30.4 Å². The number of nitrogens with one attached hydrogen (secondary N) is 1. The zero-order valence-corrected chi connectivity index (χ0v) is 15.9. The van der Waals surface area contributed by atoms with Gasteiger partial charge in [0.2, 0.25) is 5.91 Å². The Kier molecular flexibility index (Phi) is 6.04. The maximum Gasteiger partial charge on any atom is 0.233 e. The Morgan fingerprint density at radius 1 is 1.24 bits per heavy atom. The molecule has 0 saturated heterocycles. The van der Waals surface area contributed by atoms with E-state index in [1.54, 1.807) is 17.7 Å². The molecule has 2 aromatic heterocycles. The van der Waals surface area contributed by atoms with E-state index in [1.165, 1.54) is 11.8 Å². The second-order valence-corrected chi connectivity index (χ2v) is 8.08. The maximum atomic E-state index is 12.7. The highest BCUT2D eigenvalue weighted by Gasteiger charge is 2.21. The van der Waals surface area contributed by atoms with Crippen LogP contribution in [0.4, 0.5) is 0 Å². The summed E-state index contributed by atoms with van der Waals surface area (Å²) in [6, 6.07) is 12.2. The van der Waals surface area contributed by atoms with E-state index in [-0.39, 0.29) is 17.2 Å². The number of nitrogens with zero attached hydrogens (tertiary/aromatic N) is 2. The number of aromatic nitrogens is 2. The van der Waals surface area contributed by atoms with Gasteiger partial charge in [0.1, 0.15) is 11.4 Å². The number of benzene rings is 1. The van der Waals surface area contributed by atoms with Crippen LogP contribution >= 0.6 is 23.1 Å². The van der Waals surface area contributed by atoms with Crippen molar-refractivity contribution >= 4 is 39.2 Å². The lowest BCUT2D eigenvalue weighted by Crippen LogP contribution is -2.34. The van der Waals surface area contributed by atoms with Crippen molar-refractivity contribution in [2.45, 2.75) is 43.0 Å². The van der Waals surface area contributed by atoms with Crippen molar-refractivity contribution in [1.82, 2.24) is 15.3 Å². The first kappa shape index (κ1) is 17.9. The number of hydrogen-bond acceptors (Lipinski definition) is 5. The van der Waals surface area contributed by atoms with E-state index in [1.807, 2.05) is 36.6 Å². The van der Waals surface area contributed by atoms with Gasteiger partial charge in [0.15, 0.2) is 0 Å². The van der Waals surface area contributed by atoms with Crippen molar-refractivity contribution in [3.8, 4) is 0 Å². The molecular weight excluding hydrogens is 350 g/mol. The summed E-state index contributed by atoms with van der Waals surface area (Å²) in [6.07, 6.45) is 3.50. The molecule has 3 rings (SSSR count). The molecule has 4 nitrogen and oxygen atoms in total. The summed E-state index contributed by atoms with van der Waals surface area (Å²) in [4.78, 5) is 21.3. The highest BCUT2D eigenvalue weighted by molar-refractivity contribution is 8.00. The Morgan fingerprint density at radius 2 is 2.04 bits per heavy atom. The second kappa shape index (κ2) is 8.45. The monoisotopic (exact) mass is 371 g/mol. The number of rotatable bonds is 7. The fourth-order valence-corrected chi connectivity index (χ4v) is 4.50. The van der Waals surface area contributed by atoms with Crippen LogP contribution in [0.25, 0.3) is 10.2 Å². The summed E-state index contributed by atoms with van der Waals surface area (Å²) in [6.45, 7) is 4.06. The number of fused-ring (bicyclic) bond motifs is 1. The molecule has 1 N–H and O–H groups in total. The molecule has 2 unspecified atom stereocenters. The lowest BCUT2D eigenvalue weighted by Gasteiger charge is -2.21. The molecule has 0 aliphatic heterocycles. The molecule has 1 amide bonds. The summed E-state index contributed by atoms with van der Waals surface area (Å²) in [5, 5.41) is 5.85. The highest BCUT2D eigenvalue weighted by atomic mass is 32.2. The minimum absolute atomic E-state index is 0.0376. The third-order valence-corrected chi connectivity index (χ3v) is 6.10. The quantitative estimate of drug-likeness (QED) is 0.477. The van der Waals surface area contributed by atoms with E-state index in [0.717, 1.165) is 33.6 Å². The third-order valence-electron chi connectivity index (χ3n) is 3.96. The van der Waals surface area contributed by atoms with Crippen molar-refractivity contribution < 1.29 is 4.79 Å². The Bertz CT molecular complexity index is 835.